The zero-order valence-corrected chi connectivity index (χ0v) is 13.9. The Bertz CT molecular complexity index is 1250. The average Bonchev–Trinajstić information content (AvgIpc) is 2.67. The quantitative estimate of drug-likeness (QED) is 0.346. The Labute approximate surface area is 149 Å². The van der Waals surface area contributed by atoms with Gasteiger partial charge in [-0.25, -0.2) is 4.98 Å². The molecule has 0 spiro atoms. The molecule has 0 aliphatic heterocycles. The summed E-state index contributed by atoms with van der Waals surface area (Å²) in [5, 5.41) is 13.0. The number of aromatic nitrogens is 1. The van der Waals surface area contributed by atoms with E-state index in [2.05, 4.69) is 52.0 Å². The van der Waals surface area contributed by atoms with Crippen molar-refractivity contribution in [2.24, 2.45) is 0 Å². The number of pyridine rings is 1. The molecule has 4 nitrogen and oxygen atoms in total. The minimum absolute atomic E-state index is 0.727. The fourth-order valence-electron chi connectivity index (χ4n) is 3.68. The summed E-state index contributed by atoms with van der Waals surface area (Å²) in [7, 11) is 0. The van der Waals surface area contributed by atoms with Crippen LogP contribution in [0.1, 0.15) is 0 Å². The van der Waals surface area contributed by atoms with E-state index in [0.717, 1.165) is 45.1 Å². The Morgan fingerprint density at radius 2 is 1.65 bits per heavy atom. The van der Waals surface area contributed by atoms with Gasteiger partial charge in [-0.1, -0.05) is 36.4 Å². The molecule has 0 aliphatic rings. The molecule has 4 heteroatoms. The third-order valence-corrected chi connectivity index (χ3v) is 4.73. The van der Waals surface area contributed by atoms with Gasteiger partial charge in [0.15, 0.2) is 0 Å². The first kappa shape index (κ1) is 14.7. The highest BCUT2D eigenvalue weighted by Gasteiger charge is 2.13. The van der Waals surface area contributed by atoms with Crippen LogP contribution in [-0.4, -0.2) is 11.4 Å². The Kier molecular flexibility index (Phi) is 3.22. The molecular weight excluding hydrogens is 322 g/mol. The molecule has 1 amide bonds. The molecule has 2 N–H and O–H groups in total. The highest BCUT2D eigenvalue weighted by molar-refractivity contribution is 6.27. The maximum absolute atomic E-state index is 11.1. The van der Waals surface area contributed by atoms with E-state index in [1.807, 2.05) is 30.3 Å². The van der Waals surface area contributed by atoms with Crippen molar-refractivity contribution in [2.45, 2.75) is 0 Å². The minimum atomic E-state index is 0.727. The Balaban J connectivity index is 1.82. The van der Waals surface area contributed by atoms with Gasteiger partial charge in [0, 0.05) is 23.0 Å². The lowest BCUT2D eigenvalue weighted by Crippen LogP contribution is -1.98. The van der Waals surface area contributed by atoms with Crippen molar-refractivity contribution in [3.8, 4) is 0 Å². The van der Waals surface area contributed by atoms with Gasteiger partial charge >= 0.3 is 0 Å². The van der Waals surface area contributed by atoms with E-state index in [1.54, 1.807) is 6.20 Å². The lowest BCUT2D eigenvalue weighted by molar-refractivity contribution is -0.105. The predicted octanol–water partition coefficient (Wildman–Crippen LogP) is 5.29. The van der Waals surface area contributed by atoms with Crippen LogP contribution in [0.3, 0.4) is 0 Å². The van der Waals surface area contributed by atoms with Crippen LogP contribution in [0, 0.1) is 0 Å². The molecule has 0 atom stereocenters. The van der Waals surface area contributed by atoms with Gasteiger partial charge in [-0.2, -0.15) is 0 Å². The smallest absolute Gasteiger partial charge is 0.211 e. The SMILES string of the molecule is O=CNc1cc2cccc3ccc4cc(Nc5ccccn5)cc1c4c32. The number of carbonyl (C=O) groups excluding carboxylic acids is 1. The average molecular weight is 337 g/mol. The fraction of sp³-hybridized carbons (Fsp3) is 0. The number of hydrogen-bond donors (Lipinski definition) is 2. The number of anilines is 3. The summed E-state index contributed by atoms with van der Waals surface area (Å²) < 4.78 is 0. The van der Waals surface area contributed by atoms with Crippen molar-refractivity contribution in [3.63, 3.8) is 0 Å². The van der Waals surface area contributed by atoms with Gasteiger partial charge in [-0.3, -0.25) is 4.79 Å². The van der Waals surface area contributed by atoms with Crippen LogP contribution in [0.15, 0.2) is 72.9 Å². The number of carbonyl (C=O) groups is 1. The van der Waals surface area contributed by atoms with E-state index in [9.17, 15) is 4.79 Å². The van der Waals surface area contributed by atoms with E-state index in [0.29, 0.717) is 0 Å². The summed E-state index contributed by atoms with van der Waals surface area (Å²) in [5.41, 5.74) is 1.74. The van der Waals surface area contributed by atoms with E-state index in [-0.39, 0.29) is 0 Å². The number of benzene rings is 4. The van der Waals surface area contributed by atoms with E-state index >= 15 is 0 Å². The van der Waals surface area contributed by atoms with Crippen molar-refractivity contribution in [1.29, 1.82) is 0 Å². The fourth-order valence-corrected chi connectivity index (χ4v) is 3.68. The lowest BCUT2D eigenvalue weighted by Gasteiger charge is -2.16. The number of hydrogen-bond acceptors (Lipinski definition) is 3. The van der Waals surface area contributed by atoms with Gasteiger partial charge in [0.25, 0.3) is 0 Å². The molecule has 0 unspecified atom stereocenters. The van der Waals surface area contributed by atoms with Crippen LogP contribution in [0.25, 0.3) is 32.3 Å². The van der Waals surface area contributed by atoms with Gasteiger partial charge in [0.1, 0.15) is 5.82 Å². The molecule has 5 rings (SSSR count). The maximum atomic E-state index is 11.1. The molecule has 0 fully saturated rings. The second-order valence-corrected chi connectivity index (χ2v) is 6.29. The summed E-state index contributed by atoms with van der Waals surface area (Å²) in [6.07, 6.45) is 2.48. The summed E-state index contributed by atoms with van der Waals surface area (Å²) in [5.74, 6) is 0.783. The van der Waals surface area contributed by atoms with Gasteiger partial charge in [-0.15, -0.1) is 0 Å². The van der Waals surface area contributed by atoms with E-state index in [4.69, 9.17) is 0 Å². The van der Waals surface area contributed by atoms with Crippen LogP contribution in [0.4, 0.5) is 17.2 Å². The van der Waals surface area contributed by atoms with Crippen LogP contribution in [0.5, 0.6) is 0 Å². The molecule has 0 aliphatic carbocycles. The van der Waals surface area contributed by atoms with Gasteiger partial charge in [-0.05, 0) is 57.3 Å². The van der Waals surface area contributed by atoms with Crippen LogP contribution in [-0.2, 0) is 4.79 Å². The molecule has 0 bridgehead atoms. The van der Waals surface area contributed by atoms with E-state index in [1.165, 1.54) is 10.8 Å². The zero-order chi connectivity index (χ0) is 17.5. The van der Waals surface area contributed by atoms with Gasteiger partial charge in [0.05, 0.1) is 0 Å². The number of rotatable bonds is 4. The first-order valence-electron chi connectivity index (χ1n) is 8.43. The van der Waals surface area contributed by atoms with Crippen molar-refractivity contribution in [1.82, 2.24) is 4.98 Å². The standard InChI is InChI=1S/C22H15N3O/c26-13-24-19-11-15-5-3-4-14-7-8-16-10-17(12-18(19)22(16)21(14)15)25-20-6-1-2-9-23-20/h1-13H,(H,23,25)(H,24,26). The Hall–Kier alpha value is -3.66. The third-order valence-electron chi connectivity index (χ3n) is 4.73. The summed E-state index contributed by atoms with van der Waals surface area (Å²) >= 11 is 0. The Morgan fingerprint density at radius 3 is 2.50 bits per heavy atom. The summed E-state index contributed by atoms with van der Waals surface area (Å²) in [6, 6.07) is 22.5. The first-order valence-corrected chi connectivity index (χ1v) is 8.43. The normalized spacial score (nSPS) is 11.2. The number of amides is 1. The predicted molar refractivity (Wildman–Crippen MR) is 107 cm³/mol. The van der Waals surface area contributed by atoms with E-state index < -0.39 is 0 Å². The van der Waals surface area contributed by atoms with Crippen molar-refractivity contribution in [2.75, 3.05) is 10.6 Å². The first-order chi connectivity index (χ1) is 12.8. The zero-order valence-electron chi connectivity index (χ0n) is 13.9. The molecule has 124 valence electrons. The highest BCUT2D eigenvalue weighted by atomic mass is 16.1. The molecule has 0 saturated heterocycles. The second kappa shape index (κ2) is 5.70. The molecule has 4 aromatic carbocycles. The maximum Gasteiger partial charge on any atom is 0.211 e. The van der Waals surface area contributed by atoms with Crippen LogP contribution >= 0.6 is 0 Å². The summed E-state index contributed by atoms with van der Waals surface area (Å²) in [4.78, 5) is 15.5. The molecule has 1 heterocycles. The van der Waals surface area contributed by atoms with Crippen LogP contribution < -0.4 is 10.6 Å². The lowest BCUT2D eigenvalue weighted by atomic mass is 9.92. The minimum Gasteiger partial charge on any atom is -0.340 e. The molecule has 0 radical (unpaired) electrons. The monoisotopic (exact) mass is 337 g/mol. The van der Waals surface area contributed by atoms with Crippen molar-refractivity contribution >= 4 is 55.9 Å². The Morgan fingerprint density at radius 1 is 0.808 bits per heavy atom. The number of nitrogens with zero attached hydrogens (tertiary/aromatic N) is 1. The van der Waals surface area contributed by atoms with Gasteiger partial charge < -0.3 is 10.6 Å². The molecule has 26 heavy (non-hydrogen) atoms. The highest BCUT2D eigenvalue weighted by Crippen LogP contribution is 2.40. The third kappa shape index (κ3) is 2.24. The number of nitrogens with one attached hydrogen (secondary N) is 2. The second-order valence-electron chi connectivity index (χ2n) is 6.29. The molecule has 0 saturated carbocycles. The summed E-state index contributed by atoms with van der Waals surface area (Å²) in [6.45, 7) is 0. The van der Waals surface area contributed by atoms with Crippen LogP contribution in [0.2, 0.25) is 0 Å². The molecular formula is C22H15N3O. The topological polar surface area (TPSA) is 54.0 Å². The van der Waals surface area contributed by atoms with Gasteiger partial charge in [0.2, 0.25) is 6.41 Å². The van der Waals surface area contributed by atoms with Crippen molar-refractivity contribution in [3.05, 3.63) is 72.9 Å². The molecule has 1 aromatic heterocycles. The van der Waals surface area contributed by atoms with Crippen molar-refractivity contribution < 1.29 is 4.79 Å². The molecule has 5 aromatic rings. The largest absolute Gasteiger partial charge is 0.340 e.